The molecule has 0 fully saturated rings. The summed E-state index contributed by atoms with van der Waals surface area (Å²) in [6.45, 7) is 1.81. The number of nitro groups is 1. The van der Waals surface area contributed by atoms with Crippen LogP contribution in [0.4, 0.5) is 5.69 Å². The highest BCUT2D eigenvalue weighted by molar-refractivity contribution is 5.65. The van der Waals surface area contributed by atoms with Crippen molar-refractivity contribution in [3.05, 3.63) is 46.0 Å². The third-order valence-electron chi connectivity index (χ3n) is 2.50. The van der Waals surface area contributed by atoms with Crippen molar-refractivity contribution in [1.82, 2.24) is 0 Å². The molecule has 1 rings (SSSR count). The van der Waals surface area contributed by atoms with Crippen LogP contribution in [0.2, 0.25) is 0 Å². The van der Waals surface area contributed by atoms with Crippen LogP contribution in [0.5, 0.6) is 0 Å². The van der Waals surface area contributed by atoms with Gasteiger partial charge in [-0.2, -0.15) is 0 Å². The van der Waals surface area contributed by atoms with E-state index in [0.29, 0.717) is 12.2 Å². The van der Waals surface area contributed by atoms with Gasteiger partial charge < -0.3 is 4.74 Å². The predicted octanol–water partition coefficient (Wildman–Crippen LogP) is 3.34. The van der Waals surface area contributed by atoms with Crippen LogP contribution in [0.25, 0.3) is 6.08 Å². The Hall–Kier alpha value is -2.17. The van der Waals surface area contributed by atoms with Crippen molar-refractivity contribution in [2.24, 2.45) is 0 Å². The van der Waals surface area contributed by atoms with Crippen LogP contribution in [0.1, 0.15) is 31.7 Å². The van der Waals surface area contributed by atoms with Crippen molar-refractivity contribution in [2.75, 3.05) is 6.61 Å². The number of para-hydroxylation sites is 1. The highest BCUT2D eigenvalue weighted by Crippen LogP contribution is 2.19. The Labute approximate surface area is 112 Å². The van der Waals surface area contributed by atoms with Crippen LogP contribution in [-0.4, -0.2) is 17.5 Å². The Morgan fingerprint density at radius 1 is 1.37 bits per heavy atom. The molecule has 0 aliphatic rings. The molecule has 0 N–H and O–H groups in total. The van der Waals surface area contributed by atoms with Crippen LogP contribution in [-0.2, 0) is 9.53 Å². The summed E-state index contributed by atoms with van der Waals surface area (Å²) < 4.78 is 4.80. The summed E-state index contributed by atoms with van der Waals surface area (Å²) in [5.41, 5.74) is 0.714. The lowest BCUT2D eigenvalue weighted by molar-refractivity contribution is -0.385. The maximum absolute atomic E-state index is 10.8. The zero-order valence-corrected chi connectivity index (χ0v) is 10.9. The lowest BCUT2D eigenvalue weighted by Crippen LogP contribution is -1.99. The second-order valence-electron chi connectivity index (χ2n) is 4.05. The average Bonchev–Trinajstić information content (AvgIpc) is 2.37. The van der Waals surface area contributed by atoms with Gasteiger partial charge in [0.15, 0.2) is 0 Å². The third-order valence-corrected chi connectivity index (χ3v) is 2.50. The molecule has 1 aromatic carbocycles. The molecule has 5 heteroatoms. The first kappa shape index (κ1) is 14.9. The number of unbranched alkanes of at least 4 members (excludes halogenated alkanes) is 2. The van der Waals surface area contributed by atoms with Crippen molar-refractivity contribution in [3.8, 4) is 0 Å². The summed E-state index contributed by atoms with van der Waals surface area (Å²) in [7, 11) is 0. The molecule has 0 atom stereocenters. The zero-order valence-electron chi connectivity index (χ0n) is 10.9. The van der Waals surface area contributed by atoms with Crippen LogP contribution in [0.15, 0.2) is 30.3 Å². The first-order valence-electron chi connectivity index (χ1n) is 6.14. The van der Waals surface area contributed by atoms with E-state index in [0.717, 1.165) is 19.3 Å². The Kier molecular flexibility index (Phi) is 6.29. The maximum atomic E-state index is 10.8. The van der Waals surface area contributed by atoms with Crippen LogP contribution in [0, 0.1) is 10.1 Å². The summed E-state index contributed by atoms with van der Waals surface area (Å²) in [6, 6.07) is 6.62. The summed E-state index contributed by atoms with van der Waals surface area (Å²) in [5.74, 6) is -0.268. The SMILES string of the molecule is CC(=O)OCCCC/C=C/c1ccccc1[N+](=O)[O-]. The molecule has 0 saturated heterocycles. The average molecular weight is 263 g/mol. The molecule has 5 nitrogen and oxygen atoms in total. The van der Waals surface area contributed by atoms with E-state index < -0.39 is 0 Å². The monoisotopic (exact) mass is 263 g/mol. The standard InChI is InChI=1S/C14H17NO4/c1-12(16)19-11-7-3-2-4-8-13-9-5-6-10-14(13)15(17)18/h4-6,8-10H,2-3,7,11H2,1H3/b8-4+. The van der Waals surface area contributed by atoms with Gasteiger partial charge in [-0.15, -0.1) is 0 Å². The van der Waals surface area contributed by atoms with Gasteiger partial charge in [-0.1, -0.05) is 24.3 Å². The van der Waals surface area contributed by atoms with Gasteiger partial charge in [0.25, 0.3) is 5.69 Å². The number of hydrogen-bond acceptors (Lipinski definition) is 4. The molecular formula is C14H17NO4. The number of ether oxygens (including phenoxy) is 1. The predicted molar refractivity (Wildman–Crippen MR) is 72.6 cm³/mol. The van der Waals surface area contributed by atoms with Gasteiger partial charge in [0.1, 0.15) is 0 Å². The molecule has 19 heavy (non-hydrogen) atoms. The minimum absolute atomic E-state index is 0.110. The Bertz CT molecular complexity index is 468. The van der Waals surface area contributed by atoms with E-state index in [1.807, 2.05) is 6.08 Å². The van der Waals surface area contributed by atoms with E-state index in [4.69, 9.17) is 4.74 Å². The minimum Gasteiger partial charge on any atom is -0.466 e. The second-order valence-corrected chi connectivity index (χ2v) is 4.05. The molecule has 0 heterocycles. The molecule has 0 radical (unpaired) electrons. The second kappa shape index (κ2) is 8.02. The lowest BCUT2D eigenvalue weighted by atomic mass is 10.1. The van der Waals surface area contributed by atoms with E-state index in [1.165, 1.54) is 13.0 Å². The fourth-order valence-electron chi connectivity index (χ4n) is 1.59. The number of rotatable bonds is 7. The van der Waals surface area contributed by atoms with Crippen LogP contribution < -0.4 is 0 Å². The molecule has 1 aromatic rings. The van der Waals surface area contributed by atoms with Crippen molar-refractivity contribution in [2.45, 2.75) is 26.2 Å². The van der Waals surface area contributed by atoms with Crippen LogP contribution in [0.3, 0.4) is 0 Å². The van der Waals surface area contributed by atoms with E-state index in [1.54, 1.807) is 24.3 Å². The Morgan fingerprint density at radius 3 is 2.79 bits per heavy atom. The van der Waals surface area contributed by atoms with E-state index in [9.17, 15) is 14.9 Å². The van der Waals surface area contributed by atoms with Crippen LogP contribution >= 0.6 is 0 Å². The fraction of sp³-hybridized carbons (Fsp3) is 0.357. The number of nitrogens with zero attached hydrogens (tertiary/aromatic N) is 1. The highest BCUT2D eigenvalue weighted by atomic mass is 16.6. The van der Waals surface area contributed by atoms with E-state index >= 15 is 0 Å². The van der Waals surface area contributed by atoms with Gasteiger partial charge in [0, 0.05) is 13.0 Å². The molecule has 0 aliphatic carbocycles. The van der Waals surface area contributed by atoms with Crippen molar-refractivity contribution in [1.29, 1.82) is 0 Å². The van der Waals surface area contributed by atoms with Gasteiger partial charge in [-0.3, -0.25) is 14.9 Å². The molecule has 0 aromatic heterocycles. The minimum atomic E-state index is -0.389. The van der Waals surface area contributed by atoms with Gasteiger partial charge in [0.05, 0.1) is 17.1 Å². The van der Waals surface area contributed by atoms with Gasteiger partial charge in [0.2, 0.25) is 0 Å². The first-order chi connectivity index (χ1) is 9.11. The highest BCUT2D eigenvalue weighted by Gasteiger charge is 2.08. The fourth-order valence-corrected chi connectivity index (χ4v) is 1.59. The molecule has 0 unspecified atom stereocenters. The summed E-state index contributed by atoms with van der Waals surface area (Å²) in [4.78, 5) is 20.9. The van der Waals surface area contributed by atoms with E-state index in [2.05, 4.69) is 0 Å². The largest absolute Gasteiger partial charge is 0.466 e. The molecule has 0 amide bonds. The molecule has 102 valence electrons. The van der Waals surface area contributed by atoms with Crippen molar-refractivity contribution < 1.29 is 14.5 Å². The first-order valence-corrected chi connectivity index (χ1v) is 6.14. The number of nitro benzene ring substituents is 1. The number of hydrogen-bond donors (Lipinski definition) is 0. The molecule has 0 spiro atoms. The molecular weight excluding hydrogens is 246 g/mol. The number of carbonyl (C=O) groups is 1. The van der Waals surface area contributed by atoms with Gasteiger partial charge in [-0.25, -0.2) is 0 Å². The summed E-state index contributed by atoms with van der Waals surface area (Å²) in [6.07, 6.45) is 6.12. The Balaban J connectivity index is 2.37. The number of allylic oxidation sites excluding steroid dienone is 1. The topological polar surface area (TPSA) is 69.4 Å². The molecule has 0 aliphatic heterocycles. The summed E-state index contributed by atoms with van der Waals surface area (Å²) in [5, 5.41) is 10.8. The quantitative estimate of drug-likeness (QED) is 0.327. The van der Waals surface area contributed by atoms with Gasteiger partial charge >= 0.3 is 5.97 Å². The zero-order chi connectivity index (χ0) is 14.1. The van der Waals surface area contributed by atoms with E-state index in [-0.39, 0.29) is 16.6 Å². The number of esters is 1. The van der Waals surface area contributed by atoms with Crippen molar-refractivity contribution >= 4 is 17.7 Å². The molecule has 0 bridgehead atoms. The maximum Gasteiger partial charge on any atom is 0.302 e. The number of benzene rings is 1. The summed E-state index contributed by atoms with van der Waals surface area (Å²) >= 11 is 0. The smallest absolute Gasteiger partial charge is 0.302 e. The van der Waals surface area contributed by atoms with Crippen molar-refractivity contribution in [3.63, 3.8) is 0 Å². The third kappa shape index (κ3) is 5.81. The van der Waals surface area contributed by atoms with Gasteiger partial charge in [-0.05, 0) is 25.3 Å². The molecule has 0 saturated carbocycles. The lowest BCUT2D eigenvalue weighted by Gasteiger charge is -1.99. The number of carbonyl (C=O) groups excluding carboxylic acids is 1. The normalized spacial score (nSPS) is 10.6. The Morgan fingerprint density at radius 2 is 2.11 bits per heavy atom.